The maximum absolute atomic E-state index is 12.5. The van der Waals surface area contributed by atoms with E-state index in [1.807, 2.05) is 63.2 Å². The second-order valence-corrected chi connectivity index (χ2v) is 7.49. The number of imide groups is 1. The van der Waals surface area contributed by atoms with Crippen LogP contribution in [0.2, 0.25) is 0 Å². The number of aryl methyl sites for hydroxylation is 3. The second kappa shape index (κ2) is 7.80. The van der Waals surface area contributed by atoms with Crippen LogP contribution in [0.1, 0.15) is 22.3 Å². The lowest BCUT2D eigenvalue weighted by Gasteiger charge is -2.15. The molecule has 0 saturated carbocycles. The molecular formula is C21H20N2O3S. The van der Waals surface area contributed by atoms with Gasteiger partial charge in [-0.15, -0.1) is 0 Å². The number of anilines is 1. The number of benzene rings is 2. The van der Waals surface area contributed by atoms with Gasteiger partial charge in [0.1, 0.15) is 6.54 Å². The van der Waals surface area contributed by atoms with Gasteiger partial charge in [0.25, 0.3) is 11.1 Å². The summed E-state index contributed by atoms with van der Waals surface area (Å²) in [5.74, 6) is -0.839. The van der Waals surface area contributed by atoms with Crippen molar-refractivity contribution in [1.29, 1.82) is 0 Å². The molecule has 0 aliphatic carbocycles. The molecule has 0 radical (unpaired) electrons. The Bertz CT molecular complexity index is 928. The molecular weight excluding hydrogens is 360 g/mol. The monoisotopic (exact) mass is 380 g/mol. The van der Waals surface area contributed by atoms with E-state index in [4.69, 9.17) is 0 Å². The minimum atomic E-state index is -0.442. The molecule has 6 heteroatoms. The molecule has 1 aliphatic rings. The SMILES string of the molecule is Cc1ccc(/C=C2/SC(=O)N(CC(=O)Nc3c(C)cccc3C)C2=O)cc1. The Morgan fingerprint density at radius 2 is 1.67 bits per heavy atom. The fourth-order valence-electron chi connectivity index (χ4n) is 2.78. The maximum atomic E-state index is 12.5. The average molecular weight is 380 g/mol. The molecule has 3 amide bonds. The van der Waals surface area contributed by atoms with Gasteiger partial charge in [-0.25, -0.2) is 0 Å². The molecule has 1 heterocycles. The van der Waals surface area contributed by atoms with Gasteiger partial charge < -0.3 is 5.32 Å². The molecule has 2 aromatic rings. The van der Waals surface area contributed by atoms with Crippen molar-refractivity contribution < 1.29 is 14.4 Å². The highest BCUT2D eigenvalue weighted by Gasteiger charge is 2.36. The average Bonchev–Trinajstić information content (AvgIpc) is 2.88. The number of nitrogens with zero attached hydrogens (tertiary/aromatic N) is 1. The van der Waals surface area contributed by atoms with Crippen molar-refractivity contribution in [3.05, 3.63) is 69.6 Å². The Morgan fingerprint density at radius 3 is 2.30 bits per heavy atom. The van der Waals surface area contributed by atoms with E-state index in [2.05, 4.69) is 5.32 Å². The maximum Gasteiger partial charge on any atom is 0.294 e. The van der Waals surface area contributed by atoms with E-state index in [1.54, 1.807) is 6.08 Å². The van der Waals surface area contributed by atoms with Crippen molar-refractivity contribution in [2.24, 2.45) is 0 Å². The van der Waals surface area contributed by atoms with Gasteiger partial charge in [0.05, 0.1) is 4.91 Å². The summed E-state index contributed by atoms with van der Waals surface area (Å²) in [5, 5.41) is 2.37. The minimum absolute atomic E-state index is 0.302. The number of carbonyl (C=O) groups excluding carboxylic acids is 3. The number of nitrogens with one attached hydrogen (secondary N) is 1. The molecule has 27 heavy (non-hydrogen) atoms. The zero-order chi connectivity index (χ0) is 19.6. The van der Waals surface area contributed by atoms with Gasteiger partial charge in [0.2, 0.25) is 5.91 Å². The summed E-state index contributed by atoms with van der Waals surface area (Å²) in [5.41, 5.74) is 4.52. The van der Waals surface area contributed by atoms with Crippen molar-refractivity contribution in [2.45, 2.75) is 20.8 Å². The smallest absolute Gasteiger partial charge is 0.294 e. The van der Waals surface area contributed by atoms with E-state index in [-0.39, 0.29) is 6.54 Å². The highest BCUT2D eigenvalue weighted by molar-refractivity contribution is 8.18. The molecule has 0 bridgehead atoms. The highest BCUT2D eigenvalue weighted by atomic mass is 32.2. The first kappa shape index (κ1) is 18.9. The molecule has 1 N–H and O–H groups in total. The quantitative estimate of drug-likeness (QED) is 0.804. The molecule has 3 rings (SSSR count). The Hall–Kier alpha value is -2.86. The van der Waals surface area contributed by atoms with E-state index in [0.717, 1.165) is 38.9 Å². The molecule has 5 nitrogen and oxygen atoms in total. The van der Waals surface area contributed by atoms with Gasteiger partial charge in [-0.1, -0.05) is 48.0 Å². The lowest BCUT2D eigenvalue weighted by atomic mass is 10.1. The number of hydrogen-bond donors (Lipinski definition) is 1. The molecule has 0 spiro atoms. The number of hydrogen-bond acceptors (Lipinski definition) is 4. The lowest BCUT2D eigenvalue weighted by molar-refractivity contribution is -0.127. The lowest BCUT2D eigenvalue weighted by Crippen LogP contribution is -2.36. The van der Waals surface area contributed by atoms with E-state index >= 15 is 0 Å². The van der Waals surface area contributed by atoms with E-state index in [9.17, 15) is 14.4 Å². The summed E-state index contributed by atoms with van der Waals surface area (Å²) in [7, 11) is 0. The van der Waals surface area contributed by atoms with Gasteiger partial charge in [-0.3, -0.25) is 19.3 Å². The molecule has 138 valence electrons. The molecule has 0 atom stereocenters. The van der Waals surface area contributed by atoms with Crippen molar-refractivity contribution in [2.75, 3.05) is 11.9 Å². The summed E-state index contributed by atoms with van der Waals surface area (Å²) in [6, 6.07) is 13.3. The largest absolute Gasteiger partial charge is 0.324 e. The molecule has 1 fully saturated rings. The third-order valence-corrected chi connectivity index (χ3v) is 5.20. The van der Waals surface area contributed by atoms with Gasteiger partial charge in [-0.05, 0) is 55.3 Å². The Kier molecular flexibility index (Phi) is 5.46. The van der Waals surface area contributed by atoms with Crippen LogP contribution in [0.5, 0.6) is 0 Å². The molecule has 0 aromatic heterocycles. The van der Waals surface area contributed by atoms with Crippen LogP contribution in [0, 0.1) is 20.8 Å². The van der Waals surface area contributed by atoms with Crippen LogP contribution in [0.4, 0.5) is 10.5 Å². The fraction of sp³-hybridized carbons (Fsp3) is 0.190. The van der Waals surface area contributed by atoms with Crippen molar-refractivity contribution >= 4 is 40.6 Å². The Labute approximate surface area is 162 Å². The molecule has 0 unspecified atom stereocenters. The van der Waals surface area contributed by atoms with Crippen LogP contribution in [0.15, 0.2) is 47.4 Å². The predicted molar refractivity (Wildman–Crippen MR) is 108 cm³/mol. The van der Waals surface area contributed by atoms with E-state index in [1.165, 1.54) is 0 Å². The number of carbonyl (C=O) groups is 3. The topological polar surface area (TPSA) is 66.5 Å². The number of thioether (sulfide) groups is 1. The summed E-state index contributed by atoms with van der Waals surface area (Å²) in [4.78, 5) is 38.4. The zero-order valence-corrected chi connectivity index (χ0v) is 16.2. The number of amides is 3. The van der Waals surface area contributed by atoms with E-state index < -0.39 is 17.1 Å². The summed E-state index contributed by atoms with van der Waals surface area (Å²) in [6.07, 6.45) is 1.67. The summed E-state index contributed by atoms with van der Waals surface area (Å²) < 4.78 is 0. The van der Waals surface area contributed by atoms with Crippen LogP contribution in [0.3, 0.4) is 0 Å². The van der Waals surface area contributed by atoms with Gasteiger partial charge >= 0.3 is 0 Å². The third-order valence-electron chi connectivity index (χ3n) is 4.30. The van der Waals surface area contributed by atoms with Gasteiger partial charge in [-0.2, -0.15) is 0 Å². The first-order valence-electron chi connectivity index (χ1n) is 8.53. The molecule has 1 aliphatic heterocycles. The van der Waals surface area contributed by atoms with Crippen LogP contribution < -0.4 is 5.32 Å². The predicted octanol–water partition coefficient (Wildman–Crippen LogP) is 4.29. The van der Waals surface area contributed by atoms with Gasteiger partial charge in [0.15, 0.2) is 0 Å². The van der Waals surface area contributed by atoms with E-state index in [0.29, 0.717) is 10.6 Å². The molecule has 2 aromatic carbocycles. The Balaban J connectivity index is 1.72. The fourth-order valence-corrected chi connectivity index (χ4v) is 3.62. The normalized spacial score (nSPS) is 15.5. The van der Waals surface area contributed by atoms with Crippen molar-refractivity contribution in [3.63, 3.8) is 0 Å². The Morgan fingerprint density at radius 1 is 1.04 bits per heavy atom. The first-order chi connectivity index (χ1) is 12.8. The van der Waals surface area contributed by atoms with Crippen molar-refractivity contribution in [3.8, 4) is 0 Å². The molecule has 1 saturated heterocycles. The minimum Gasteiger partial charge on any atom is -0.324 e. The zero-order valence-electron chi connectivity index (χ0n) is 15.4. The van der Waals surface area contributed by atoms with Crippen molar-refractivity contribution in [1.82, 2.24) is 4.90 Å². The standard InChI is InChI=1S/C21H20N2O3S/c1-13-7-9-16(10-8-13)11-17-20(25)23(21(26)27-17)12-18(24)22-19-14(2)5-4-6-15(19)3/h4-11H,12H2,1-3H3,(H,22,24)/b17-11+. The van der Waals surface area contributed by atoms with Gasteiger partial charge in [0, 0.05) is 5.69 Å². The second-order valence-electron chi connectivity index (χ2n) is 6.49. The third kappa shape index (κ3) is 4.28. The van der Waals surface area contributed by atoms with Crippen LogP contribution >= 0.6 is 11.8 Å². The van der Waals surface area contributed by atoms with Crippen LogP contribution in [-0.2, 0) is 9.59 Å². The number of rotatable bonds is 4. The first-order valence-corrected chi connectivity index (χ1v) is 9.35. The van der Waals surface area contributed by atoms with Crippen LogP contribution in [0.25, 0.3) is 6.08 Å². The summed E-state index contributed by atoms with van der Waals surface area (Å²) >= 11 is 0.854. The summed E-state index contributed by atoms with van der Waals surface area (Å²) in [6.45, 7) is 5.47. The number of para-hydroxylation sites is 1. The van der Waals surface area contributed by atoms with Crippen LogP contribution in [-0.4, -0.2) is 28.5 Å². The highest BCUT2D eigenvalue weighted by Crippen LogP contribution is 2.32.